The van der Waals surface area contributed by atoms with Crippen LogP contribution in [-0.2, 0) is 4.79 Å². The van der Waals surface area contributed by atoms with Crippen LogP contribution in [0.2, 0.25) is 10.0 Å². The number of rotatable bonds is 4. The number of aryl methyl sites for hydroxylation is 3. The molecule has 5 heteroatoms. The summed E-state index contributed by atoms with van der Waals surface area (Å²) in [7, 11) is 0. The van der Waals surface area contributed by atoms with Crippen molar-refractivity contribution in [3.63, 3.8) is 0 Å². The Labute approximate surface area is 146 Å². The third-order valence-corrected chi connectivity index (χ3v) is 4.53. The fraction of sp³-hybridized carbons (Fsp3) is 0.278. The van der Waals surface area contributed by atoms with Gasteiger partial charge in [-0.2, -0.15) is 0 Å². The van der Waals surface area contributed by atoms with E-state index in [2.05, 4.69) is 5.32 Å². The van der Waals surface area contributed by atoms with Crippen LogP contribution >= 0.6 is 23.2 Å². The molecule has 0 spiro atoms. The first kappa shape index (κ1) is 17.6. The maximum atomic E-state index is 12.2. The molecule has 0 heterocycles. The lowest BCUT2D eigenvalue weighted by atomic mass is 10.1. The van der Waals surface area contributed by atoms with E-state index in [1.54, 1.807) is 13.0 Å². The molecule has 1 atom stereocenters. The van der Waals surface area contributed by atoms with Crippen molar-refractivity contribution in [2.75, 3.05) is 5.32 Å². The van der Waals surface area contributed by atoms with Gasteiger partial charge in [0.25, 0.3) is 5.91 Å². The van der Waals surface area contributed by atoms with Crippen molar-refractivity contribution in [2.45, 2.75) is 33.8 Å². The van der Waals surface area contributed by atoms with Crippen molar-refractivity contribution in [3.8, 4) is 5.75 Å². The van der Waals surface area contributed by atoms with Gasteiger partial charge in [-0.3, -0.25) is 4.79 Å². The first-order valence-corrected chi connectivity index (χ1v) is 8.04. The Morgan fingerprint density at radius 3 is 2.22 bits per heavy atom. The lowest BCUT2D eigenvalue weighted by Gasteiger charge is -2.16. The van der Waals surface area contributed by atoms with Gasteiger partial charge in [0.1, 0.15) is 5.75 Å². The van der Waals surface area contributed by atoms with E-state index in [0.717, 1.165) is 16.7 Å². The normalized spacial score (nSPS) is 11.9. The van der Waals surface area contributed by atoms with Gasteiger partial charge in [0.05, 0.1) is 0 Å². The van der Waals surface area contributed by atoms with Crippen LogP contribution < -0.4 is 10.1 Å². The molecule has 2 rings (SSSR count). The van der Waals surface area contributed by atoms with Crippen LogP contribution in [0.25, 0.3) is 0 Å². The average Bonchev–Trinajstić information content (AvgIpc) is 2.48. The number of nitrogens with one attached hydrogen (secondary N) is 1. The van der Waals surface area contributed by atoms with Crippen LogP contribution in [0.5, 0.6) is 5.75 Å². The van der Waals surface area contributed by atoms with Crippen molar-refractivity contribution in [3.05, 3.63) is 57.1 Å². The molecule has 0 bridgehead atoms. The first-order chi connectivity index (χ1) is 10.8. The molecule has 0 aliphatic carbocycles. The predicted octanol–water partition coefficient (Wildman–Crippen LogP) is 5.32. The third-order valence-electron chi connectivity index (χ3n) is 3.53. The van der Waals surface area contributed by atoms with E-state index in [4.69, 9.17) is 27.9 Å². The van der Waals surface area contributed by atoms with Gasteiger partial charge in [0.2, 0.25) is 0 Å². The SMILES string of the molecule is Cc1ccc(NC(=O)[C@H](C)Oc2cc(C)c(Cl)c(C)c2)cc1Cl. The summed E-state index contributed by atoms with van der Waals surface area (Å²) in [5.41, 5.74) is 3.43. The van der Waals surface area contributed by atoms with Gasteiger partial charge in [-0.15, -0.1) is 0 Å². The second-order valence-corrected chi connectivity index (χ2v) is 6.37. The highest BCUT2D eigenvalue weighted by atomic mass is 35.5. The van der Waals surface area contributed by atoms with Crippen LogP contribution in [-0.4, -0.2) is 12.0 Å². The highest BCUT2D eigenvalue weighted by molar-refractivity contribution is 6.32. The minimum absolute atomic E-state index is 0.241. The Balaban J connectivity index is 2.06. The zero-order chi connectivity index (χ0) is 17.1. The van der Waals surface area contributed by atoms with E-state index >= 15 is 0 Å². The molecule has 0 saturated carbocycles. The number of benzene rings is 2. The molecule has 122 valence electrons. The Hall–Kier alpha value is -1.71. The van der Waals surface area contributed by atoms with Gasteiger partial charge in [-0.1, -0.05) is 29.3 Å². The maximum Gasteiger partial charge on any atom is 0.265 e. The number of hydrogen-bond acceptors (Lipinski definition) is 2. The first-order valence-electron chi connectivity index (χ1n) is 7.28. The molecule has 3 nitrogen and oxygen atoms in total. The molecule has 0 unspecified atom stereocenters. The van der Waals surface area contributed by atoms with Gasteiger partial charge in [0.15, 0.2) is 6.10 Å². The Morgan fingerprint density at radius 2 is 1.65 bits per heavy atom. The smallest absolute Gasteiger partial charge is 0.265 e. The van der Waals surface area contributed by atoms with E-state index in [1.807, 2.05) is 45.0 Å². The molecule has 1 N–H and O–H groups in total. The van der Waals surface area contributed by atoms with Crippen molar-refractivity contribution in [1.29, 1.82) is 0 Å². The summed E-state index contributed by atoms with van der Waals surface area (Å²) in [5.74, 6) is 0.379. The van der Waals surface area contributed by atoms with Crippen LogP contribution in [0.15, 0.2) is 30.3 Å². The van der Waals surface area contributed by atoms with Crippen molar-refractivity contribution in [2.24, 2.45) is 0 Å². The summed E-state index contributed by atoms with van der Waals surface area (Å²) in [4.78, 5) is 12.2. The molecule has 2 aromatic carbocycles. The average molecular weight is 352 g/mol. The minimum Gasteiger partial charge on any atom is -0.481 e. The van der Waals surface area contributed by atoms with Crippen LogP contribution in [0, 0.1) is 20.8 Å². The highest BCUT2D eigenvalue weighted by Gasteiger charge is 2.16. The summed E-state index contributed by atoms with van der Waals surface area (Å²) in [6.45, 7) is 7.41. The zero-order valence-corrected chi connectivity index (χ0v) is 15.0. The molecule has 0 saturated heterocycles. The number of halogens is 2. The van der Waals surface area contributed by atoms with Gasteiger partial charge in [-0.25, -0.2) is 0 Å². The third kappa shape index (κ3) is 4.40. The summed E-state index contributed by atoms with van der Waals surface area (Å²) in [6, 6.07) is 9.03. The molecule has 0 radical (unpaired) electrons. The lowest BCUT2D eigenvalue weighted by Crippen LogP contribution is -2.30. The largest absolute Gasteiger partial charge is 0.481 e. The highest BCUT2D eigenvalue weighted by Crippen LogP contribution is 2.26. The monoisotopic (exact) mass is 351 g/mol. The predicted molar refractivity (Wildman–Crippen MR) is 95.8 cm³/mol. The summed E-state index contributed by atoms with van der Waals surface area (Å²) >= 11 is 12.2. The summed E-state index contributed by atoms with van der Waals surface area (Å²) < 4.78 is 5.72. The molecule has 2 aromatic rings. The number of ether oxygens (including phenoxy) is 1. The number of hydrogen-bond donors (Lipinski definition) is 1. The van der Waals surface area contributed by atoms with Gasteiger partial charge >= 0.3 is 0 Å². The van der Waals surface area contributed by atoms with Crippen molar-refractivity contribution >= 4 is 34.8 Å². The number of amides is 1. The van der Waals surface area contributed by atoms with E-state index in [0.29, 0.717) is 21.5 Å². The second-order valence-electron chi connectivity index (χ2n) is 5.58. The molecule has 1 amide bonds. The van der Waals surface area contributed by atoms with Gasteiger partial charge in [0, 0.05) is 15.7 Å². The number of carbonyl (C=O) groups excluding carboxylic acids is 1. The number of carbonyl (C=O) groups is 1. The van der Waals surface area contributed by atoms with Crippen LogP contribution in [0.1, 0.15) is 23.6 Å². The lowest BCUT2D eigenvalue weighted by molar-refractivity contribution is -0.122. The van der Waals surface area contributed by atoms with E-state index in [9.17, 15) is 4.79 Å². The Bertz CT molecular complexity index is 721. The number of anilines is 1. The molecule has 0 aliphatic heterocycles. The molecule has 23 heavy (non-hydrogen) atoms. The van der Waals surface area contributed by atoms with E-state index in [-0.39, 0.29) is 5.91 Å². The van der Waals surface area contributed by atoms with Gasteiger partial charge in [-0.05, 0) is 68.7 Å². The fourth-order valence-electron chi connectivity index (χ4n) is 2.15. The van der Waals surface area contributed by atoms with E-state index < -0.39 is 6.10 Å². The quantitative estimate of drug-likeness (QED) is 0.808. The fourth-order valence-corrected chi connectivity index (χ4v) is 2.44. The maximum absolute atomic E-state index is 12.2. The summed E-state index contributed by atoms with van der Waals surface area (Å²) in [6.07, 6.45) is -0.643. The second kappa shape index (κ2) is 7.24. The van der Waals surface area contributed by atoms with Gasteiger partial charge < -0.3 is 10.1 Å². The molecule has 0 aliphatic rings. The molecular weight excluding hydrogens is 333 g/mol. The van der Waals surface area contributed by atoms with Crippen LogP contribution in [0.3, 0.4) is 0 Å². The topological polar surface area (TPSA) is 38.3 Å². The van der Waals surface area contributed by atoms with Crippen molar-refractivity contribution < 1.29 is 9.53 Å². The Morgan fingerprint density at radius 1 is 1.04 bits per heavy atom. The molecule has 0 fully saturated rings. The minimum atomic E-state index is -0.643. The van der Waals surface area contributed by atoms with E-state index in [1.165, 1.54) is 0 Å². The summed E-state index contributed by atoms with van der Waals surface area (Å²) in [5, 5.41) is 4.12. The van der Waals surface area contributed by atoms with Crippen LogP contribution in [0.4, 0.5) is 5.69 Å². The standard InChI is InChI=1S/C18H19Cl2NO2/c1-10-5-6-14(9-16(10)19)21-18(22)13(4)23-15-7-11(2)17(20)12(3)8-15/h5-9,13H,1-4H3,(H,21,22)/t13-/m0/s1. The zero-order valence-electron chi connectivity index (χ0n) is 13.5. The Kier molecular flexibility index (Phi) is 5.55. The van der Waals surface area contributed by atoms with Crippen molar-refractivity contribution in [1.82, 2.24) is 0 Å². The molecule has 0 aromatic heterocycles. The molecular formula is C18H19Cl2NO2.